The summed E-state index contributed by atoms with van der Waals surface area (Å²) in [5.74, 6) is -1.64. The van der Waals surface area contributed by atoms with Crippen LogP contribution in [0.5, 0.6) is 0 Å². The molecule has 0 saturated carbocycles. The van der Waals surface area contributed by atoms with Gasteiger partial charge in [0.05, 0.1) is 5.69 Å². The molecule has 29 heavy (non-hydrogen) atoms. The third-order valence-corrected chi connectivity index (χ3v) is 4.47. The van der Waals surface area contributed by atoms with E-state index in [1.807, 2.05) is 30.3 Å². The van der Waals surface area contributed by atoms with E-state index in [-0.39, 0.29) is 17.0 Å². The molecule has 0 unspecified atom stereocenters. The molecule has 7 nitrogen and oxygen atoms in total. The smallest absolute Gasteiger partial charge is 0.274 e. The molecule has 4 aromatic rings. The number of carbonyl (C=O) groups excluding carboxylic acids is 2. The van der Waals surface area contributed by atoms with E-state index in [2.05, 4.69) is 15.3 Å². The highest BCUT2D eigenvalue weighted by Gasteiger charge is 2.19. The Kier molecular flexibility index (Phi) is 4.52. The van der Waals surface area contributed by atoms with Crippen LogP contribution >= 0.6 is 0 Å². The summed E-state index contributed by atoms with van der Waals surface area (Å²) in [6, 6.07) is 15.0. The van der Waals surface area contributed by atoms with Crippen LogP contribution in [0.15, 0.2) is 60.9 Å². The topological polar surface area (TPSA) is 102 Å². The molecule has 4 rings (SSSR count). The quantitative estimate of drug-likeness (QED) is 0.559. The number of nitrogens with one attached hydrogen (secondary N) is 1. The van der Waals surface area contributed by atoms with Gasteiger partial charge in [-0.25, -0.2) is 14.4 Å². The molecule has 0 fully saturated rings. The molecule has 2 heterocycles. The summed E-state index contributed by atoms with van der Waals surface area (Å²) in [6.07, 6.45) is 1.44. The summed E-state index contributed by atoms with van der Waals surface area (Å²) in [7, 11) is 0. The summed E-state index contributed by atoms with van der Waals surface area (Å²) in [5.41, 5.74) is 8.09. The second-order valence-electron chi connectivity index (χ2n) is 6.46. The lowest BCUT2D eigenvalue weighted by atomic mass is 10.1. The molecular weight excluding hydrogens is 373 g/mol. The number of hydrogen-bond donors (Lipinski definition) is 2. The number of nitrogens with zero attached hydrogens (tertiary/aromatic N) is 3. The first-order chi connectivity index (χ1) is 13.9. The standard InChI is InChI=1S/C21H16FN5O2/c1-12-9-14(22)7-8-15(12)26-21(29)16-10-17(13-5-3-2-4-6-13)27-11-24-18(19(23)28)20(27)25-16/h2-11H,1H3,(H2,23,28)(H,26,29). The zero-order valence-electron chi connectivity index (χ0n) is 15.4. The minimum Gasteiger partial charge on any atom is -0.364 e. The third kappa shape index (κ3) is 3.43. The Hall–Kier alpha value is -4.07. The lowest BCUT2D eigenvalue weighted by Crippen LogP contribution is -2.17. The highest BCUT2D eigenvalue weighted by molar-refractivity contribution is 6.05. The highest BCUT2D eigenvalue weighted by atomic mass is 19.1. The molecule has 144 valence electrons. The normalized spacial score (nSPS) is 10.8. The van der Waals surface area contributed by atoms with Crippen molar-refractivity contribution in [2.75, 3.05) is 5.32 Å². The molecule has 2 aromatic carbocycles. The van der Waals surface area contributed by atoms with Crippen molar-refractivity contribution < 1.29 is 14.0 Å². The Morgan fingerprint density at radius 3 is 2.55 bits per heavy atom. The van der Waals surface area contributed by atoms with Gasteiger partial charge >= 0.3 is 0 Å². The van der Waals surface area contributed by atoms with Crippen molar-refractivity contribution in [3.05, 3.63) is 83.7 Å². The number of halogens is 1. The van der Waals surface area contributed by atoms with Crippen LogP contribution < -0.4 is 11.1 Å². The highest BCUT2D eigenvalue weighted by Crippen LogP contribution is 2.24. The number of rotatable bonds is 4. The van der Waals surface area contributed by atoms with Crippen molar-refractivity contribution in [3.63, 3.8) is 0 Å². The van der Waals surface area contributed by atoms with Gasteiger partial charge in [-0.15, -0.1) is 0 Å². The van der Waals surface area contributed by atoms with Gasteiger partial charge in [0.2, 0.25) is 0 Å². The Morgan fingerprint density at radius 2 is 1.86 bits per heavy atom. The summed E-state index contributed by atoms with van der Waals surface area (Å²) in [5, 5.41) is 2.72. The predicted molar refractivity (Wildman–Crippen MR) is 106 cm³/mol. The summed E-state index contributed by atoms with van der Waals surface area (Å²) in [4.78, 5) is 33.0. The SMILES string of the molecule is Cc1cc(F)ccc1NC(=O)c1cc(-c2ccccc2)n2cnc(C(N)=O)c2n1. The molecule has 8 heteroatoms. The average Bonchev–Trinajstić information content (AvgIpc) is 3.14. The van der Waals surface area contributed by atoms with Crippen LogP contribution in [-0.2, 0) is 0 Å². The molecule has 0 bridgehead atoms. The fraction of sp³-hybridized carbons (Fsp3) is 0.0476. The summed E-state index contributed by atoms with van der Waals surface area (Å²) in [6.45, 7) is 1.69. The fourth-order valence-corrected chi connectivity index (χ4v) is 3.05. The number of nitrogens with two attached hydrogens (primary N) is 1. The van der Waals surface area contributed by atoms with Crippen molar-refractivity contribution in [2.45, 2.75) is 6.92 Å². The van der Waals surface area contributed by atoms with Crippen molar-refractivity contribution in [1.82, 2.24) is 14.4 Å². The van der Waals surface area contributed by atoms with Crippen LogP contribution in [0.25, 0.3) is 16.9 Å². The average molecular weight is 389 g/mol. The lowest BCUT2D eigenvalue weighted by Gasteiger charge is -2.11. The minimum absolute atomic E-state index is 0.0326. The number of amides is 2. The van der Waals surface area contributed by atoms with Gasteiger partial charge in [0, 0.05) is 5.69 Å². The number of aryl methyl sites for hydroxylation is 1. The lowest BCUT2D eigenvalue weighted by molar-refractivity contribution is 0.0993. The van der Waals surface area contributed by atoms with E-state index in [0.717, 1.165) is 5.56 Å². The van der Waals surface area contributed by atoms with Crippen LogP contribution in [0.3, 0.4) is 0 Å². The van der Waals surface area contributed by atoms with Crippen LogP contribution in [0.2, 0.25) is 0 Å². The monoisotopic (exact) mass is 389 g/mol. The van der Waals surface area contributed by atoms with Gasteiger partial charge in [-0.3, -0.25) is 14.0 Å². The maximum absolute atomic E-state index is 13.3. The number of fused-ring (bicyclic) bond motifs is 1. The summed E-state index contributed by atoms with van der Waals surface area (Å²) >= 11 is 0. The predicted octanol–water partition coefficient (Wildman–Crippen LogP) is 3.20. The van der Waals surface area contributed by atoms with Crippen molar-refractivity contribution in [1.29, 1.82) is 0 Å². The number of imidazole rings is 1. The number of primary amides is 1. The number of carbonyl (C=O) groups is 2. The van der Waals surface area contributed by atoms with Gasteiger partial charge in [-0.2, -0.15) is 0 Å². The van der Waals surface area contributed by atoms with Crippen LogP contribution in [-0.4, -0.2) is 26.2 Å². The number of anilines is 1. The Morgan fingerprint density at radius 1 is 1.10 bits per heavy atom. The molecule has 0 aliphatic rings. The molecule has 0 atom stereocenters. The van der Waals surface area contributed by atoms with Crippen molar-refractivity contribution in [3.8, 4) is 11.3 Å². The van der Waals surface area contributed by atoms with Crippen LogP contribution in [0.1, 0.15) is 26.5 Å². The second-order valence-corrected chi connectivity index (χ2v) is 6.46. The number of hydrogen-bond acceptors (Lipinski definition) is 4. The van der Waals surface area contributed by atoms with E-state index in [4.69, 9.17) is 5.73 Å². The van der Waals surface area contributed by atoms with E-state index in [9.17, 15) is 14.0 Å². The van der Waals surface area contributed by atoms with E-state index in [0.29, 0.717) is 16.9 Å². The largest absolute Gasteiger partial charge is 0.364 e. The van der Waals surface area contributed by atoms with Crippen molar-refractivity contribution in [2.24, 2.45) is 5.73 Å². The zero-order valence-corrected chi connectivity index (χ0v) is 15.4. The third-order valence-electron chi connectivity index (χ3n) is 4.47. The van der Waals surface area contributed by atoms with Gasteiger partial charge in [-0.1, -0.05) is 30.3 Å². The maximum Gasteiger partial charge on any atom is 0.274 e. The van der Waals surface area contributed by atoms with E-state index >= 15 is 0 Å². The summed E-state index contributed by atoms with van der Waals surface area (Å²) < 4.78 is 14.9. The van der Waals surface area contributed by atoms with E-state index < -0.39 is 17.6 Å². The maximum atomic E-state index is 13.3. The second kappa shape index (κ2) is 7.16. The van der Waals surface area contributed by atoms with Gasteiger partial charge in [0.15, 0.2) is 11.3 Å². The van der Waals surface area contributed by atoms with Gasteiger partial charge in [0.1, 0.15) is 17.8 Å². The zero-order chi connectivity index (χ0) is 20.5. The molecular formula is C21H16FN5O2. The molecule has 0 spiro atoms. The van der Waals surface area contributed by atoms with Crippen LogP contribution in [0, 0.1) is 12.7 Å². The van der Waals surface area contributed by atoms with E-state index in [1.165, 1.54) is 24.5 Å². The minimum atomic E-state index is -0.744. The first-order valence-electron chi connectivity index (χ1n) is 8.75. The molecule has 2 aromatic heterocycles. The van der Waals surface area contributed by atoms with Crippen LogP contribution in [0.4, 0.5) is 10.1 Å². The molecule has 0 aliphatic carbocycles. The fourth-order valence-electron chi connectivity index (χ4n) is 3.05. The molecule has 0 radical (unpaired) electrons. The number of benzene rings is 2. The first-order valence-corrected chi connectivity index (χ1v) is 8.75. The van der Waals surface area contributed by atoms with Gasteiger partial charge < -0.3 is 11.1 Å². The Balaban J connectivity index is 1.84. The Bertz CT molecular complexity index is 1250. The van der Waals surface area contributed by atoms with Crippen molar-refractivity contribution >= 4 is 23.1 Å². The van der Waals surface area contributed by atoms with Gasteiger partial charge in [-0.05, 0) is 42.3 Å². The molecule has 2 amide bonds. The molecule has 3 N–H and O–H groups in total. The molecule has 0 saturated heterocycles. The molecule has 0 aliphatic heterocycles. The van der Waals surface area contributed by atoms with E-state index in [1.54, 1.807) is 17.4 Å². The van der Waals surface area contributed by atoms with Gasteiger partial charge in [0.25, 0.3) is 11.8 Å². The number of aromatic nitrogens is 3. The first kappa shape index (κ1) is 18.3. The Labute approximate surface area is 165 Å².